The summed E-state index contributed by atoms with van der Waals surface area (Å²) in [6, 6.07) is 14.0. The van der Waals surface area contributed by atoms with E-state index in [9.17, 15) is 14.7 Å². The summed E-state index contributed by atoms with van der Waals surface area (Å²) in [5, 5.41) is 14.7. The van der Waals surface area contributed by atoms with Gasteiger partial charge in [0.15, 0.2) is 5.17 Å². The van der Waals surface area contributed by atoms with Crippen LogP contribution in [0.5, 0.6) is 5.75 Å². The average molecular weight is 579 g/mol. The fourth-order valence-electron chi connectivity index (χ4n) is 5.26. The van der Waals surface area contributed by atoms with Gasteiger partial charge in [0.05, 0.1) is 23.6 Å². The minimum Gasteiger partial charge on any atom is -0.489 e. The van der Waals surface area contributed by atoms with Crippen LogP contribution in [0.15, 0.2) is 57.2 Å². The van der Waals surface area contributed by atoms with Gasteiger partial charge in [-0.05, 0) is 60.5 Å². The molecular weight excluding hydrogens is 544 g/mol. The Kier molecular flexibility index (Phi) is 8.42. The third-order valence-corrected chi connectivity index (χ3v) is 8.57. The average Bonchev–Trinajstić information content (AvgIpc) is 3.57. The molecule has 12 heteroatoms. The highest BCUT2D eigenvalue weighted by atomic mass is 32.2. The number of thioether (sulfide) groups is 1. The number of rotatable bonds is 8. The monoisotopic (exact) mass is 578 g/mol. The first kappa shape index (κ1) is 27.6. The molecule has 4 heterocycles. The van der Waals surface area contributed by atoms with Crippen molar-refractivity contribution in [3.05, 3.63) is 63.4 Å². The van der Waals surface area contributed by atoms with Crippen molar-refractivity contribution in [1.82, 2.24) is 20.2 Å². The molecule has 6 rings (SSSR count). The molecule has 216 valence electrons. The normalized spacial score (nSPS) is 20.2. The number of hydrogen-bond acceptors (Lipinski definition) is 9. The number of fused-ring (bicyclic) bond motifs is 1. The van der Waals surface area contributed by atoms with E-state index in [2.05, 4.69) is 42.2 Å². The van der Waals surface area contributed by atoms with Crippen molar-refractivity contribution in [2.24, 2.45) is 4.99 Å². The molecule has 2 fully saturated rings. The fraction of sp³-hybridized carbons (Fsp3) is 0.414. The van der Waals surface area contributed by atoms with Crippen LogP contribution in [0.3, 0.4) is 0 Å². The Hall–Kier alpha value is -3.58. The van der Waals surface area contributed by atoms with Gasteiger partial charge < -0.3 is 39.7 Å². The first-order valence-electron chi connectivity index (χ1n) is 14.0. The van der Waals surface area contributed by atoms with E-state index in [1.807, 2.05) is 18.2 Å². The van der Waals surface area contributed by atoms with Gasteiger partial charge in [0.2, 0.25) is 0 Å². The number of ether oxygens (including phenoxy) is 2. The number of aromatic amines is 2. The second kappa shape index (κ2) is 12.5. The van der Waals surface area contributed by atoms with Crippen LogP contribution in [0.4, 0.5) is 5.69 Å². The standard InChI is InChI=1S/C29H34N6O5S/c36-22(18-40-24-3-1-2-23-26(24)32-28(38)31-23)17-30-20-8-10-34(11-9-20)21-6-4-19(5-7-21)16-25-27(37)33-29(41-25)35-12-14-39-15-13-35/h1-7,16,20,22,30,36H,8-15,17-18H2,(H2,31,32,38)/t22-/m1/s1. The van der Waals surface area contributed by atoms with Crippen LogP contribution in [-0.4, -0.2) is 95.7 Å². The molecule has 0 unspecified atom stereocenters. The molecule has 1 amide bonds. The van der Waals surface area contributed by atoms with Gasteiger partial charge in [0.1, 0.15) is 24.0 Å². The van der Waals surface area contributed by atoms with Crippen LogP contribution in [0, 0.1) is 0 Å². The van der Waals surface area contributed by atoms with E-state index in [0.29, 0.717) is 47.5 Å². The number of benzene rings is 2. The van der Waals surface area contributed by atoms with Gasteiger partial charge in [-0.25, -0.2) is 4.79 Å². The fourth-order valence-corrected chi connectivity index (χ4v) is 6.23. The second-order valence-corrected chi connectivity index (χ2v) is 11.4. The van der Waals surface area contributed by atoms with E-state index in [1.54, 1.807) is 18.2 Å². The van der Waals surface area contributed by atoms with Crippen LogP contribution < -0.4 is 20.6 Å². The highest BCUT2D eigenvalue weighted by Gasteiger charge is 2.27. The third kappa shape index (κ3) is 6.67. The topological polar surface area (TPSA) is 135 Å². The van der Waals surface area contributed by atoms with Gasteiger partial charge in [-0.2, -0.15) is 4.99 Å². The number of aromatic nitrogens is 2. The number of piperidine rings is 1. The lowest BCUT2D eigenvalue weighted by molar-refractivity contribution is -0.113. The molecule has 0 bridgehead atoms. The van der Waals surface area contributed by atoms with Crippen molar-refractivity contribution >= 4 is 45.6 Å². The number of imidazole rings is 1. The van der Waals surface area contributed by atoms with Crippen molar-refractivity contribution in [3.63, 3.8) is 0 Å². The molecule has 2 saturated heterocycles. The van der Waals surface area contributed by atoms with Crippen molar-refractivity contribution in [1.29, 1.82) is 0 Å². The number of amidine groups is 1. The summed E-state index contributed by atoms with van der Waals surface area (Å²) in [4.78, 5) is 38.8. The Morgan fingerprint density at radius 2 is 1.85 bits per heavy atom. The van der Waals surface area contributed by atoms with Gasteiger partial charge in [-0.15, -0.1) is 0 Å². The maximum atomic E-state index is 12.4. The Morgan fingerprint density at radius 1 is 1.07 bits per heavy atom. The number of carbonyl (C=O) groups is 1. The summed E-state index contributed by atoms with van der Waals surface area (Å²) in [6.45, 7) is 5.24. The second-order valence-electron chi connectivity index (χ2n) is 10.4. The lowest BCUT2D eigenvalue weighted by atomic mass is 10.0. The number of carbonyl (C=O) groups excluding carboxylic acids is 1. The largest absolute Gasteiger partial charge is 0.489 e. The van der Waals surface area contributed by atoms with E-state index in [1.165, 1.54) is 11.8 Å². The molecule has 11 nitrogen and oxygen atoms in total. The molecule has 3 aliphatic heterocycles. The number of nitrogens with one attached hydrogen (secondary N) is 3. The molecule has 1 atom stereocenters. The number of H-pyrrole nitrogens is 2. The summed E-state index contributed by atoms with van der Waals surface area (Å²) < 4.78 is 11.2. The molecule has 2 aromatic carbocycles. The Balaban J connectivity index is 0.940. The summed E-state index contributed by atoms with van der Waals surface area (Å²) in [5.74, 6) is 0.358. The van der Waals surface area contributed by atoms with Crippen molar-refractivity contribution in [2.45, 2.75) is 25.0 Å². The molecule has 0 radical (unpaired) electrons. The first-order chi connectivity index (χ1) is 20.0. The summed E-state index contributed by atoms with van der Waals surface area (Å²) in [7, 11) is 0. The predicted molar refractivity (Wildman–Crippen MR) is 161 cm³/mol. The summed E-state index contributed by atoms with van der Waals surface area (Å²) in [5.41, 5.74) is 3.13. The number of aliphatic hydroxyl groups is 1. The Morgan fingerprint density at radius 3 is 2.63 bits per heavy atom. The molecular formula is C29H34N6O5S. The minimum absolute atomic E-state index is 0.130. The van der Waals surface area contributed by atoms with Crippen LogP contribution in [0.1, 0.15) is 18.4 Å². The maximum Gasteiger partial charge on any atom is 0.323 e. The minimum atomic E-state index is -0.670. The van der Waals surface area contributed by atoms with Crippen LogP contribution in [-0.2, 0) is 9.53 Å². The van der Waals surface area contributed by atoms with E-state index >= 15 is 0 Å². The zero-order valence-corrected chi connectivity index (χ0v) is 23.5. The summed E-state index contributed by atoms with van der Waals surface area (Å²) >= 11 is 1.44. The lowest BCUT2D eigenvalue weighted by Gasteiger charge is -2.34. The number of anilines is 1. The highest BCUT2D eigenvalue weighted by molar-refractivity contribution is 8.18. The zero-order valence-electron chi connectivity index (χ0n) is 22.7. The van der Waals surface area contributed by atoms with Crippen LogP contribution >= 0.6 is 11.8 Å². The molecule has 3 aliphatic rings. The van der Waals surface area contributed by atoms with Gasteiger partial charge in [-0.3, -0.25) is 4.79 Å². The van der Waals surface area contributed by atoms with Crippen molar-refractivity contribution in [2.75, 3.05) is 57.4 Å². The number of aliphatic hydroxyl groups excluding tert-OH is 1. The van der Waals surface area contributed by atoms with E-state index in [4.69, 9.17) is 9.47 Å². The third-order valence-electron chi connectivity index (χ3n) is 7.53. The van der Waals surface area contributed by atoms with Gasteiger partial charge in [0.25, 0.3) is 5.91 Å². The molecule has 1 aromatic heterocycles. The van der Waals surface area contributed by atoms with Crippen LogP contribution in [0.2, 0.25) is 0 Å². The SMILES string of the molecule is O=C1N=C(N2CCOCC2)SC1=Cc1ccc(N2CCC(NC[C@@H](O)COc3cccc4[nH]c(=O)[nH]c34)CC2)cc1. The zero-order chi connectivity index (χ0) is 28.2. The molecule has 0 saturated carbocycles. The first-order valence-corrected chi connectivity index (χ1v) is 14.8. The van der Waals surface area contributed by atoms with Gasteiger partial charge in [-0.1, -0.05) is 18.2 Å². The summed E-state index contributed by atoms with van der Waals surface area (Å²) in [6.07, 6.45) is 3.18. The Bertz CT molecular complexity index is 1490. The molecule has 0 aliphatic carbocycles. The number of hydrogen-bond donors (Lipinski definition) is 4. The molecule has 0 spiro atoms. The maximum absolute atomic E-state index is 12.4. The van der Waals surface area contributed by atoms with E-state index in [-0.39, 0.29) is 18.2 Å². The predicted octanol–water partition coefficient (Wildman–Crippen LogP) is 2.16. The Labute approximate surface area is 241 Å². The number of nitrogens with zero attached hydrogens (tertiary/aromatic N) is 3. The number of morpholine rings is 1. The van der Waals surface area contributed by atoms with Crippen molar-refractivity contribution in [3.8, 4) is 5.75 Å². The van der Waals surface area contributed by atoms with Gasteiger partial charge in [0, 0.05) is 44.5 Å². The highest BCUT2D eigenvalue weighted by Crippen LogP contribution is 2.31. The quantitative estimate of drug-likeness (QED) is 0.297. The van der Waals surface area contributed by atoms with Crippen molar-refractivity contribution < 1.29 is 19.4 Å². The molecule has 41 heavy (non-hydrogen) atoms. The number of amides is 1. The number of aliphatic imine (C=N–C) groups is 1. The number of para-hydroxylation sites is 1. The molecule has 4 N–H and O–H groups in total. The van der Waals surface area contributed by atoms with Gasteiger partial charge >= 0.3 is 5.69 Å². The smallest absolute Gasteiger partial charge is 0.323 e. The van der Waals surface area contributed by atoms with E-state index < -0.39 is 6.10 Å². The van der Waals surface area contributed by atoms with Crippen LogP contribution in [0.25, 0.3) is 17.1 Å². The lowest BCUT2D eigenvalue weighted by Crippen LogP contribution is -2.45. The van der Waals surface area contributed by atoms with E-state index in [0.717, 1.165) is 55.4 Å². The molecule has 3 aromatic rings.